The van der Waals surface area contributed by atoms with Crippen LogP contribution in [0.2, 0.25) is 0 Å². The maximum atomic E-state index is 5.12. The summed E-state index contributed by atoms with van der Waals surface area (Å²) in [7, 11) is 0. The van der Waals surface area contributed by atoms with Crippen molar-refractivity contribution < 1.29 is 4.42 Å². The topological polar surface area (TPSA) is 25.2 Å². The molecule has 0 atom stereocenters. The lowest BCUT2D eigenvalue weighted by Gasteiger charge is -1.94. The predicted molar refractivity (Wildman–Crippen MR) is 55.7 cm³/mol. The number of likely N-dealkylation sites (N-methyl/N-ethyl adjacent to an activating group) is 1. The van der Waals surface area contributed by atoms with E-state index in [-0.39, 0.29) is 0 Å². The lowest BCUT2D eigenvalue weighted by Crippen LogP contribution is -2.11. The molecule has 0 bridgehead atoms. The van der Waals surface area contributed by atoms with E-state index in [9.17, 15) is 0 Å². The zero-order valence-electron chi connectivity index (χ0n) is 8.34. The fourth-order valence-electron chi connectivity index (χ4n) is 1.18. The van der Waals surface area contributed by atoms with Crippen molar-refractivity contribution in [2.24, 2.45) is 0 Å². The highest BCUT2D eigenvalue weighted by Gasteiger charge is 1.97. The van der Waals surface area contributed by atoms with Gasteiger partial charge in [0.2, 0.25) is 0 Å². The van der Waals surface area contributed by atoms with E-state index in [4.69, 9.17) is 4.42 Å². The standard InChI is InChI=1S/C11H17NO/c1-3-10-8-13-9-11(10)6-5-7-12-4-2/h5-6,8-9,12H,3-4,7H2,1-2H3/b6-5-. The third kappa shape index (κ3) is 3.07. The number of hydrogen-bond acceptors (Lipinski definition) is 2. The molecule has 0 saturated heterocycles. The molecule has 0 saturated carbocycles. The van der Waals surface area contributed by atoms with Crippen LogP contribution in [0.25, 0.3) is 6.08 Å². The van der Waals surface area contributed by atoms with Gasteiger partial charge in [-0.1, -0.05) is 26.0 Å². The predicted octanol–water partition coefficient (Wildman–Crippen LogP) is 2.46. The van der Waals surface area contributed by atoms with Crippen LogP contribution in [0.5, 0.6) is 0 Å². The van der Waals surface area contributed by atoms with E-state index in [1.54, 1.807) is 6.26 Å². The van der Waals surface area contributed by atoms with Crippen LogP contribution in [-0.2, 0) is 6.42 Å². The second-order valence-corrected chi connectivity index (χ2v) is 2.92. The smallest absolute Gasteiger partial charge is 0.0977 e. The number of aryl methyl sites for hydroxylation is 1. The van der Waals surface area contributed by atoms with Crippen molar-refractivity contribution in [2.75, 3.05) is 13.1 Å². The fraction of sp³-hybridized carbons (Fsp3) is 0.455. The Bertz CT molecular complexity index is 263. The lowest BCUT2D eigenvalue weighted by atomic mass is 10.1. The minimum Gasteiger partial charge on any atom is -0.472 e. The van der Waals surface area contributed by atoms with Gasteiger partial charge in [0.05, 0.1) is 12.5 Å². The molecule has 0 amide bonds. The van der Waals surface area contributed by atoms with Gasteiger partial charge in [-0.3, -0.25) is 0 Å². The number of nitrogens with one attached hydrogen (secondary N) is 1. The molecule has 1 aromatic heterocycles. The van der Waals surface area contributed by atoms with E-state index in [0.717, 1.165) is 19.5 Å². The quantitative estimate of drug-likeness (QED) is 0.702. The van der Waals surface area contributed by atoms with Crippen LogP contribution in [0.15, 0.2) is 23.0 Å². The molecule has 0 aromatic carbocycles. The summed E-state index contributed by atoms with van der Waals surface area (Å²) in [6.45, 7) is 6.16. The highest BCUT2D eigenvalue weighted by Crippen LogP contribution is 2.12. The summed E-state index contributed by atoms with van der Waals surface area (Å²) in [5, 5.41) is 3.23. The molecule has 0 aliphatic carbocycles. The normalized spacial score (nSPS) is 11.2. The first-order chi connectivity index (χ1) is 6.38. The van der Waals surface area contributed by atoms with Crippen molar-refractivity contribution in [2.45, 2.75) is 20.3 Å². The van der Waals surface area contributed by atoms with Crippen molar-refractivity contribution >= 4 is 6.08 Å². The zero-order valence-corrected chi connectivity index (χ0v) is 8.34. The maximum absolute atomic E-state index is 5.12. The van der Waals surface area contributed by atoms with Gasteiger partial charge >= 0.3 is 0 Å². The van der Waals surface area contributed by atoms with Crippen LogP contribution in [0.3, 0.4) is 0 Å². The Labute approximate surface area is 79.6 Å². The van der Waals surface area contributed by atoms with Gasteiger partial charge in [0.15, 0.2) is 0 Å². The molecule has 1 heterocycles. The Kier molecular flexibility index (Phi) is 4.33. The molecule has 1 rings (SSSR count). The van der Waals surface area contributed by atoms with Crippen LogP contribution < -0.4 is 5.32 Å². The minimum absolute atomic E-state index is 0.921. The molecule has 0 spiro atoms. The molecular weight excluding hydrogens is 162 g/mol. The van der Waals surface area contributed by atoms with Crippen molar-refractivity contribution in [3.63, 3.8) is 0 Å². The minimum atomic E-state index is 0.921. The molecule has 0 fully saturated rings. The summed E-state index contributed by atoms with van der Waals surface area (Å²) in [5.74, 6) is 0. The maximum Gasteiger partial charge on any atom is 0.0977 e. The Morgan fingerprint density at radius 2 is 2.23 bits per heavy atom. The molecule has 1 aromatic rings. The molecule has 2 nitrogen and oxygen atoms in total. The van der Waals surface area contributed by atoms with Gasteiger partial charge in [-0.2, -0.15) is 0 Å². The van der Waals surface area contributed by atoms with Gasteiger partial charge in [0.1, 0.15) is 0 Å². The van der Waals surface area contributed by atoms with E-state index in [0.29, 0.717) is 0 Å². The summed E-state index contributed by atoms with van der Waals surface area (Å²) in [6, 6.07) is 0. The molecule has 0 unspecified atom stereocenters. The van der Waals surface area contributed by atoms with Gasteiger partial charge in [-0.05, 0) is 18.5 Å². The second-order valence-electron chi connectivity index (χ2n) is 2.92. The molecule has 1 N–H and O–H groups in total. The Balaban J connectivity index is 2.47. The van der Waals surface area contributed by atoms with Gasteiger partial charge in [0, 0.05) is 12.1 Å². The average molecular weight is 179 g/mol. The Morgan fingerprint density at radius 1 is 1.38 bits per heavy atom. The van der Waals surface area contributed by atoms with E-state index in [1.165, 1.54) is 11.1 Å². The summed E-state index contributed by atoms with van der Waals surface area (Å²) in [4.78, 5) is 0. The molecule has 0 aliphatic heterocycles. The highest BCUT2D eigenvalue weighted by atomic mass is 16.3. The molecule has 72 valence electrons. The van der Waals surface area contributed by atoms with Crippen molar-refractivity contribution in [3.8, 4) is 0 Å². The Hall–Kier alpha value is -1.02. The molecule has 0 aliphatic rings. The van der Waals surface area contributed by atoms with Crippen LogP contribution in [-0.4, -0.2) is 13.1 Å². The monoisotopic (exact) mass is 179 g/mol. The second kappa shape index (κ2) is 5.60. The molecule has 13 heavy (non-hydrogen) atoms. The SMILES string of the molecule is CCNC/C=C\c1cocc1CC. The molecule has 0 radical (unpaired) electrons. The van der Waals surface area contributed by atoms with Crippen LogP contribution in [0.1, 0.15) is 25.0 Å². The van der Waals surface area contributed by atoms with E-state index >= 15 is 0 Å². The van der Waals surface area contributed by atoms with Crippen LogP contribution >= 0.6 is 0 Å². The van der Waals surface area contributed by atoms with Crippen LogP contribution in [0, 0.1) is 0 Å². The van der Waals surface area contributed by atoms with Crippen molar-refractivity contribution in [1.29, 1.82) is 0 Å². The number of rotatable bonds is 5. The highest BCUT2D eigenvalue weighted by molar-refractivity contribution is 5.51. The number of furan rings is 1. The summed E-state index contributed by atoms with van der Waals surface area (Å²) in [6.07, 6.45) is 8.85. The third-order valence-electron chi connectivity index (χ3n) is 1.97. The van der Waals surface area contributed by atoms with Gasteiger partial charge in [-0.15, -0.1) is 0 Å². The van der Waals surface area contributed by atoms with Crippen molar-refractivity contribution in [1.82, 2.24) is 5.32 Å². The zero-order chi connectivity index (χ0) is 9.52. The third-order valence-corrected chi connectivity index (χ3v) is 1.97. The molecule has 2 heteroatoms. The van der Waals surface area contributed by atoms with Crippen LogP contribution in [0.4, 0.5) is 0 Å². The summed E-state index contributed by atoms with van der Waals surface area (Å²) >= 11 is 0. The first-order valence-electron chi connectivity index (χ1n) is 4.80. The largest absolute Gasteiger partial charge is 0.472 e. The van der Waals surface area contributed by atoms with Crippen molar-refractivity contribution in [3.05, 3.63) is 29.7 Å². The van der Waals surface area contributed by atoms with E-state index in [2.05, 4.69) is 31.3 Å². The number of hydrogen-bond donors (Lipinski definition) is 1. The van der Waals surface area contributed by atoms with Gasteiger partial charge in [0.25, 0.3) is 0 Å². The molecular formula is C11H17NO. The van der Waals surface area contributed by atoms with Gasteiger partial charge in [-0.25, -0.2) is 0 Å². The summed E-state index contributed by atoms with van der Waals surface area (Å²) in [5.41, 5.74) is 2.47. The first-order valence-corrected chi connectivity index (χ1v) is 4.80. The van der Waals surface area contributed by atoms with E-state index < -0.39 is 0 Å². The van der Waals surface area contributed by atoms with Gasteiger partial charge < -0.3 is 9.73 Å². The lowest BCUT2D eigenvalue weighted by molar-refractivity contribution is 0.564. The fourth-order valence-corrected chi connectivity index (χ4v) is 1.18. The first kappa shape index (κ1) is 10.1. The Morgan fingerprint density at radius 3 is 2.92 bits per heavy atom. The van der Waals surface area contributed by atoms with E-state index in [1.807, 2.05) is 6.26 Å². The summed E-state index contributed by atoms with van der Waals surface area (Å²) < 4.78 is 5.12. The average Bonchev–Trinajstić information content (AvgIpc) is 2.60.